The monoisotopic (exact) mass is 325 g/mol. The van der Waals surface area contributed by atoms with Gasteiger partial charge in [-0.05, 0) is 23.3 Å². The Balaban J connectivity index is 1.56. The first kappa shape index (κ1) is 16.2. The fraction of sp³-hybridized carbons (Fsp3) is 0.263. The topological polar surface area (TPSA) is 55.8 Å². The van der Waals surface area contributed by atoms with Crippen LogP contribution < -0.4 is 0 Å². The fourth-order valence-electron chi connectivity index (χ4n) is 2.54. The Hall–Kier alpha value is -2.66. The number of esters is 1. The molecule has 0 atom stereocenters. The minimum absolute atomic E-state index is 0.187. The smallest absolute Gasteiger partial charge is 0.338 e. The van der Waals surface area contributed by atoms with Crippen LogP contribution in [0.15, 0.2) is 54.6 Å². The van der Waals surface area contributed by atoms with E-state index in [0.717, 1.165) is 11.1 Å². The standard InChI is InChI=1S/C19H19NO4/c21-18(20-10-12-23-13-11-20)14-24-19(22)17-8-6-16(7-9-17)15-4-2-1-3-5-15/h1-9H,10-14H2. The number of hydrogen-bond acceptors (Lipinski definition) is 4. The maximum absolute atomic E-state index is 12.1. The van der Waals surface area contributed by atoms with E-state index in [0.29, 0.717) is 31.9 Å². The molecule has 1 amide bonds. The highest BCUT2D eigenvalue weighted by molar-refractivity contribution is 5.91. The molecule has 5 heteroatoms. The van der Waals surface area contributed by atoms with Crippen LogP contribution in [0.1, 0.15) is 10.4 Å². The maximum atomic E-state index is 12.1. The maximum Gasteiger partial charge on any atom is 0.338 e. The highest BCUT2D eigenvalue weighted by atomic mass is 16.5. The van der Waals surface area contributed by atoms with E-state index >= 15 is 0 Å². The fourth-order valence-corrected chi connectivity index (χ4v) is 2.54. The zero-order valence-corrected chi connectivity index (χ0v) is 13.3. The van der Waals surface area contributed by atoms with Gasteiger partial charge < -0.3 is 14.4 Å². The van der Waals surface area contributed by atoms with Crippen LogP contribution >= 0.6 is 0 Å². The molecule has 1 heterocycles. The van der Waals surface area contributed by atoms with Crippen molar-refractivity contribution in [3.63, 3.8) is 0 Å². The van der Waals surface area contributed by atoms with Crippen molar-refractivity contribution in [2.75, 3.05) is 32.9 Å². The van der Waals surface area contributed by atoms with Crippen molar-refractivity contribution in [1.29, 1.82) is 0 Å². The summed E-state index contributed by atoms with van der Waals surface area (Å²) in [7, 11) is 0. The van der Waals surface area contributed by atoms with Crippen LogP contribution in [-0.2, 0) is 14.3 Å². The van der Waals surface area contributed by atoms with Gasteiger partial charge in [0.05, 0.1) is 18.8 Å². The summed E-state index contributed by atoms with van der Waals surface area (Å²) < 4.78 is 10.3. The number of carbonyl (C=O) groups excluding carboxylic acids is 2. The van der Waals surface area contributed by atoms with E-state index in [1.165, 1.54) is 0 Å². The molecule has 0 N–H and O–H groups in total. The molecule has 3 rings (SSSR count). The molecule has 0 spiro atoms. The SMILES string of the molecule is O=C(OCC(=O)N1CCOCC1)c1ccc(-c2ccccc2)cc1. The number of benzene rings is 2. The first-order valence-corrected chi connectivity index (χ1v) is 7.92. The average Bonchev–Trinajstić information content (AvgIpc) is 2.67. The van der Waals surface area contributed by atoms with Crippen LogP contribution in [0.5, 0.6) is 0 Å². The minimum atomic E-state index is -0.490. The van der Waals surface area contributed by atoms with Crippen molar-refractivity contribution in [2.45, 2.75) is 0 Å². The third kappa shape index (κ3) is 4.00. The summed E-state index contributed by atoms with van der Waals surface area (Å²) in [6.45, 7) is 1.91. The van der Waals surface area contributed by atoms with Crippen molar-refractivity contribution < 1.29 is 19.1 Å². The van der Waals surface area contributed by atoms with Crippen LogP contribution in [0.4, 0.5) is 0 Å². The molecule has 5 nitrogen and oxygen atoms in total. The second-order valence-corrected chi connectivity index (χ2v) is 5.51. The first-order valence-electron chi connectivity index (χ1n) is 7.92. The summed E-state index contributed by atoms with van der Waals surface area (Å²) in [4.78, 5) is 25.7. The van der Waals surface area contributed by atoms with Gasteiger partial charge in [-0.25, -0.2) is 4.79 Å². The molecule has 0 saturated carbocycles. The summed E-state index contributed by atoms with van der Waals surface area (Å²) in [5.41, 5.74) is 2.54. The van der Waals surface area contributed by atoms with Crippen molar-refractivity contribution in [3.8, 4) is 11.1 Å². The van der Waals surface area contributed by atoms with E-state index in [1.807, 2.05) is 42.5 Å². The zero-order valence-electron chi connectivity index (χ0n) is 13.3. The van der Waals surface area contributed by atoms with E-state index < -0.39 is 5.97 Å². The lowest BCUT2D eigenvalue weighted by atomic mass is 10.0. The third-order valence-electron chi connectivity index (χ3n) is 3.92. The Kier molecular flexibility index (Phi) is 5.23. The van der Waals surface area contributed by atoms with E-state index in [4.69, 9.17) is 9.47 Å². The van der Waals surface area contributed by atoms with Gasteiger partial charge in [0, 0.05) is 13.1 Å². The molecule has 1 aliphatic rings. The average molecular weight is 325 g/mol. The number of amides is 1. The molecule has 0 radical (unpaired) electrons. The molecule has 0 bridgehead atoms. The summed E-state index contributed by atoms with van der Waals surface area (Å²) in [5, 5.41) is 0. The molecule has 1 saturated heterocycles. The van der Waals surface area contributed by atoms with Gasteiger partial charge in [-0.2, -0.15) is 0 Å². The van der Waals surface area contributed by atoms with Crippen LogP contribution in [0.2, 0.25) is 0 Å². The van der Waals surface area contributed by atoms with Gasteiger partial charge in [0.2, 0.25) is 0 Å². The van der Waals surface area contributed by atoms with E-state index in [1.54, 1.807) is 17.0 Å². The molecule has 2 aromatic rings. The van der Waals surface area contributed by atoms with Gasteiger partial charge >= 0.3 is 5.97 Å². The van der Waals surface area contributed by atoms with Gasteiger partial charge in [-0.1, -0.05) is 42.5 Å². The lowest BCUT2D eigenvalue weighted by molar-refractivity contribution is -0.138. The molecule has 24 heavy (non-hydrogen) atoms. The van der Waals surface area contributed by atoms with Crippen molar-refractivity contribution in [2.24, 2.45) is 0 Å². The van der Waals surface area contributed by atoms with E-state index in [2.05, 4.69) is 0 Å². The molecular weight excluding hydrogens is 306 g/mol. The molecular formula is C19H19NO4. The van der Waals surface area contributed by atoms with Gasteiger partial charge in [0.25, 0.3) is 5.91 Å². The van der Waals surface area contributed by atoms with Crippen LogP contribution in [-0.4, -0.2) is 49.7 Å². The predicted molar refractivity (Wildman–Crippen MR) is 89.6 cm³/mol. The molecule has 0 unspecified atom stereocenters. The molecule has 0 aliphatic carbocycles. The number of morpholine rings is 1. The highest BCUT2D eigenvalue weighted by Crippen LogP contribution is 2.19. The normalized spacial score (nSPS) is 14.2. The zero-order chi connectivity index (χ0) is 16.8. The number of nitrogens with zero attached hydrogens (tertiary/aromatic N) is 1. The molecule has 0 aromatic heterocycles. The Morgan fingerprint density at radius 3 is 2.21 bits per heavy atom. The lowest BCUT2D eigenvalue weighted by Gasteiger charge is -2.26. The Morgan fingerprint density at radius 1 is 0.917 bits per heavy atom. The van der Waals surface area contributed by atoms with Crippen LogP contribution in [0.25, 0.3) is 11.1 Å². The number of rotatable bonds is 4. The summed E-state index contributed by atoms with van der Waals surface area (Å²) in [6.07, 6.45) is 0. The van der Waals surface area contributed by atoms with Crippen molar-refractivity contribution in [1.82, 2.24) is 4.90 Å². The van der Waals surface area contributed by atoms with Crippen LogP contribution in [0.3, 0.4) is 0 Å². The lowest BCUT2D eigenvalue weighted by Crippen LogP contribution is -2.42. The Morgan fingerprint density at radius 2 is 1.54 bits per heavy atom. The van der Waals surface area contributed by atoms with Gasteiger partial charge in [-0.15, -0.1) is 0 Å². The number of carbonyl (C=O) groups is 2. The quantitative estimate of drug-likeness (QED) is 0.810. The van der Waals surface area contributed by atoms with Crippen LogP contribution in [0, 0.1) is 0 Å². The number of ether oxygens (including phenoxy) is 2. The minimum Gasteiger partial charge on any atom is -0.452 e. The second-order valence-electron chi connectivity index (χ2n) is 5.51. The molecule has 1 aliphatic heterocycles. The van der Waals surface area contributed by atoms with Gasteiger partial charge in [0.15, 0.2) is 6.61 Å². The van der Waals surface area contributed by atoms with Crippen molar-refractivity contribution >= 4 is 11.9 Å². The summed E-state index contributed by atoms with van der Waals surface area (Å²) >= 11 is 0. The van der Waals surface area contributed by atoms with Gasteiger partial charge in [0.1, 0.15) is 0 Å². The highest BCUT2D eigenvalue weighted by Gasteiger charge is 2.18. The molecule has 124 valence electrons. The largest absolute Gasteiger partial charge is 0.452 e. The summed E-state index contributed by atoms with van der Waals surface area (Å²) in [6, 6.07) is 17.1. The Labute approximate surface area is 140 Å². The third-order valence-corrected chi connectivity index (χ3v) is 3.92. The molecule has 1 fully saturated rings. The first-order chi connectivity index (χ1) is 11.7. The second kappa shape index (κ2) is 7.75. The Bertz CT molecular complexity index is 691. The van der Waals surface area contributed by atoms with E-state index in [9.17, 15) is 9.59 Å². The summed E-state index contributed by atoms with van der Waals surface area (Å²) in [5.74, 6) is -0.677. The predicted octanol–water partition coefficient (Wildman–Crippen LogP) is 2.37. The number of hydrogen-bond donors (Lipinski definition) is 0. The molecule has 2 aromatic carbocycles. The van der Waals surface area contributed by atoms with Gasteiger partial charge in [-0.3, -0.25) is 4.79 Å². The van der Waals surface area contributed by atoms with E-state index in [-0.39, 0.29) is 12.5 Å². The van der Waals surface area contributed by atoms with Crippen molar-refractivity contribution in [3.05, 3.63) is 60.2 Å².